The zero-order valence-corrected chi connectivity index (χ0v) is 13.5. The monoisotopic (exact) mass is 359 g/mol. The quantitative estimate of drug-likeness (QED) is 0.831. The number of carboxylic acids is 1. The third-order valence-electron chi connectivity index (χ3n) is 3.43. The number of nitrogens with one attached hydrogen (secondary N) is 1. The van der Waals surface area contributed by atoms with Crippen molar-refractivity contribution in [2.75, 3.05) is 0 Å². The summed E-state index contributed by atoms with van der Waals surface area (Å²) in [7, 11) is 0. The number of carboxylic acid groups (broad SMARTS) is 1. The van der Waals surface area contributed by atoms with Crippen LogP contribution in [0.3, 0.4) is 0 Å². The molecule has 0 aliphatic carbocycles. The molecule has 0 aromatic heterocycles. The molecule has 2 aliphatic rings. The minimum absolute atomic E-state index is 0.123. The summed E-state index contributed by atoms with van der Waals surface area (Å²) in [6, 6.07) is 4.94. The maximum atomic E-state index is 12.9. The van der Waals surface area contributed by atoms with E-state index in [1.165, 1.54) is 29.6 Å². The van der Waals surface area contributed by atoms with Crippen LogP contribution < -0.4 is 5.32 Å². The zero-order chi connectivity index (χ0) is 16.8. The highest BCUT2D eigenvalue weighted by atomic mass is 32.2. The van der Waals surface area contributed by atoms with Gasteiger partial charge in [0.05, 0.1) is 10.1 Å². The first-order valence-electron chi connectivity index (χ1n) is 6.67. The van der Waals surface area contributed by atoms with Crippen molar-refractivity contribution in [1.29, 1.82) is 0 Å². The van der Waals surface area contributed by atoms with Crippen LogP contribution in [0.2, 0.25) is 0 Å². The number of rotatable bonds is 2. The molecule has 2 N–H and O–H groups in total. The topological polar surface area (TPSA) is 49.3 Å². The summed E-state index contributed by atoms with van der Waals surface area (Å²) in [4.78, 5) is 12.3. The fraction of sp³-hybridized carbons (Fsp3) is 0.267. The van der Waals surface area contributed by atoms with Crippen molar-refractivity contribution in [3.05, 3.63) is 51.9 Å². The number of halogens is 3. The molecule has 0 saturated carbocycles. The summed E-state index contributed by atoms with van der Waals surface area (Å²) in [6.45, 7) is 1.90. The first-order valence-corrected chi connectivity index (χ1v) is 8.49. The molecule has 122 valence electrons. The van der Waals surface area contributed by atoms with Crippen molar-refractivity contribution in [2.24, 2.45) is 0 Å². The van der Waals surface area contributed by atoms with E-state index in [1.54, 1.807) is 6.07 Å². The van der Waals surface area contributed by atoms with Gasteiger partial charge in [-0.3, -0.25) is 0 Å². The summed E-state index contributed by atoms with van der Waals surface area (Å²) in [5.74, 6) is -1.04. The van der Waals surface area contributed by atoms with Crippen LogP contribution >= 0.6 is 23.5 Å². The first kappa shape index (κ1) is 16.3. The predicted molar refractivity (Wildman–Crippen MR) is 85.7 cm³/mol. The molecule has 23 heavy (non-hydrogen) atoms. The highest BCUT2D eigenvalue weighted by Gasteiger charge is 2.37. The molecule has 1 aromatic rings. The van der Waals surface area contributed by atoms with Crippen LogP contribution in [0.25, 0.3) is 5.70 Å². The second-order valence-electron chi connectivity index (χ2n) is 5.11. The average Bonchev–Trinajstić information content (AvgIpc) is 2.85. The summed E-state index contributed by atoms with van der Waals surface area (Å²) >= 11 is 2.76. The van der Waals surface area contributed by atoms with Crippen LogP contribution in [0.4, 0.5) is 13.2 Å². The molecule has 3 rings (SSSR count). The summed E-state index contributed by atoms with van der Waals surface area (Å²) in [5.41, 5.74) is 0.877. The van der Waals surface area contributed by atoms with Crippen molar-refractivity contribution in [3.8, 4) is 0 Å². The number of alkyl halides is 3. The molecule has 0 bridgehead atoms. The van der Waals surface area contributed by atoms with Crippen LogP contribution in [-0.2, 0) is 11.0 Å². The zero-order valence-electron chi connectivity index (χ0n) is 11.8. The standard InChI is InChI=1S/C15H12F3NO2S2/c1-7-5-10-11(19-12(13(20)21)23-14(10)22-7)8-3-2-4-9(6-8)15(16,17)18/h2-6,12,14,19H,1H3,(H,20,21). The summed E-state index contributed by atoms with van der Waals surface area (Å²) in [6.07, 6.45) is -2.55. The lowest BCUT2D eigenvalue weighted by Gasteiger charge is -2.29. The van der Waals surface area contributed by atoms with Gasteiger partial charge in [0.1, 0.15) is 0 Å². The normalized spacial score (nSPS) is 24.1. The van der Waals surface area contributed by atoms with Crippen LogP contribution in [0.5, 0.6) is 0 Å². The third-order valence-corrected chi connectivity index (χ3v) is 6.10. The minimum atomic E-state index is -4.44. The fourth-order valence-electron chi connectivity index (χ4n) is 2.44. The van der Waals surface area contributed by atoms with Gasteiger partial charge in [-0.05, 0) is 35.6 Å². The molecule has 1 aromatic carbocycles. The van der Waals surface area contributed by atoms with Gasteiger partial charge in [0, 0.05) is 11.3 Å². The lowest BCUT2D eigenvalue weighted by Crippen LogP contribution is -2.38. The molecular formula is C15H12F3NO2S2. The van der Waals surface area contributed by atoms with Crippen molar-refractivity contribution >= 4 is 35.2 Å². The van der Waals surface area contributed by atoms with Gasteiger partial charge in [0.25, 0.3) is 0 Å². The second kappa shape index (κ2) is 5.83. The highest BCUT2D eigenvalue weighted by molar-refractivity contribution is 8.19. The molecule has 2 atom stereocenters. The number of fused-ring (bicyclic) bond motifs is 1. The van der Waals surface area contributed by atoms with E-state index >= 15 is 0 Å². The average molecular weight is 359 g/mol. The Morgan fingerprint density at radius 2 is 2.09 bits per heavy atom. The number of carbonyl (C=O) groups is 1. The molecule has 8 heteroatoms. The minimum Gasteiger partial charge on any atom is -0.479 e. The van der Waals surface area contributed by atoms with E-state index in [4.69, 9.17) is 0 Å². The van der Waals surface area contributed by atoms with Crippen molar-refractivity contribution in [1.82, 2.24) is 5.32 Å². The van der Waals surface area contributed by atoms with Gasteiger partial charge in [0.15, 0.2) is 5.37 Å². The van der Waals surface area contributed by atoms with Crippen molar-refractivity contribution < 1.29 is 23.1 Å². The van der Waals surface area contributed by atoms with E-state index < -0.39 is 23.1 Å². The van der Waals surface area contributed by atoms with Crippen LogP contribution in [-0.4, -0.2) is 21.0 Å². The molecule has 0 amide bonds. The molecule has 0 spiro atoms. The second-order valence-corrected chi connectivity index (χ2v) is 7.98. The molecule has 0 radical (unpaired) electrons. The fourth-order valence-corrected chi connectivity index (χ4v) is 5.18. The Labute approximate surface area is 139 Å². The summed E-state index contributed by atoms with van der Waals surface area (Å²) in [5, 5.41) is 11.2. The van der Waals surface area contributed by atoms with Gasteiger partial charge in [-0.25, -0.2) is 4.79 Å². The molecular weight excluding hydrogens is 347 g/mol. The van der Waals surface area contributed by atoms with E-state index in [1.807, 2.05) is 13.0 Å². The van der Waals surface area contributed by atoms with E-state index in [2.05, 4.69) is 5.32 Å². The van der Waals surface area contributed by atoms with Gasteiger partial charge < -0.3 is 10.4 Å². The third kappa shape index (κ3) is 3.23. The predicted octanol–water partition coefficient (Wildman–Crippen LogP) is 4.14. The van der Waals surface area contributed by atoms with E-state index in [0.717, 1.165) is 22.6 Å². The van der Waals surface area contributed by atoms with Gasteiger partial charge >= 0.3 is 12.1 Å². The number of allylic oxidation sites excluding steroid dienone is 2. The molecule has 2 heterocycles. The van der Waals surface area contributed by atoms with Crippen molar-refractivity contribution in [2.45, 2.75) is 23.1 Å². The Hall–Kier alpha value is -1.54. The van der Waals surface area contributed by atoms with E-state index in [0.29, 0.717) is 11.3 Å². The molecule has 0 fully saturated rings. The van der Waals surface area contributed by atoms with Crippen LogP contribution in [0, 0.1) is 0 Å². The number of hydrogen-bond acceptors (Lipinski definition) is 4. The number of hydrogen-bond donors (Lipinski definition) is 2. The number of benzene rings is 1. The van der Waals surface area contributed by atoms with Crippen molar-refractivity contribution in [3.63, 3.8) is 0 Å². The smallest absolute Gasteiger partial charge is 0.416 e. The number of aliphatic carboxylic acids is 1. The Kier molecular flexibility index (Phi) is 4.14. The van der Waals surface area contributed by atoms with Gasteiger partial charge in [-0.2, -0.15) is 13.2 Å². The SMILES string of the molecule is CC1=CC2=C(c3cccc(C(F)(F)F)c3)NC(C(=O)O)SC2S1. The molecule has 2 aliphatic heterocycles. The lowest BCUT2D eigenvalue weighted by molar-refractivity contribution is -0.138. The molecule has 0 saturated heterocycles. The maximum absolute atomic E-state index is 12.9. The van der Waals surface area contributed by atoms with Gasteiger partial charge in [-0.1, -0.05) is 12.1 Å². The van der Waals surface area contributed by atoms with E-state index in [9.17, 15) is 23.1 Å². The largest absolute Gasteiger partial charge is 0.479 e. The lowest BCUT2D eigenvalue weighted by atomic mass is 10.0. The Morgan fingerprint density at radius 3 is 2.74 bits per heavy atom. The van der Waals surface area contributed by atoms with Crippen LogP contribution in [0.15, 0.2) is 40.8 Å². The van der Waals surface area contributed by atoms with Gasteiger partial charge in [-0.15, -0.1) is 23.5 Å². The van der Waals surface area contributed by atoms with E-state index in [-0.39, 0.29) is 4.58 Å². The maximum Gasteiger partial charge on any atom is 0.416 e. The Balaban J connectivity index is 2.08. The first-order chi connectivity index (χ1) is 10.8. The number of thioether (sulfide) groups is 2. The summed E-state index contributed by atoms with van der Waals surface area (Å²) < 4.78 is 38.6. The molecule has 2 unspecified atom stereocenters. The van der Waals surface area contributed by atoms with Crippen LogP contribution in [0.1, 0.15) is 18.1 Å². The Morgan fingerprint density at radius 1 is 1.35 bits per heavy atom. The Bertz CT molecular complexity index is 728. The highest BCUT2D eigenvalue weighted by Crippen LogP contribution is 2.48. The van der Waals surface area contributed by atoms with Gasteiger partial charge in [0.2, 0.25) is 0 Å². The molecule has 3 nitrogen and oxygen atoms in total.